The number of ether oxygens (including phenoxy) is 1. The maximum Gasteiger partial charge on any atom is 0.145 e. The zero-order valence-electron chi connectivity index (χ0n) is 15.4. The summed E-state index contributed by atoms with van der Waals surface area (Å²) in [6.07, 6.45) is 1.75. The third kappa shape index (κ3) is 6.07. The molecule has 27 heavy (non-hydrogen) atoms. The molecular weight excluding hydrogens is 368 g/mol. The first-order chi connectivity index (χ1) is 13.1. The zero-order chi connectivity index (χ0) is 19.1. The van der Waals surface area contributed by atoms with E-state index in [0.717, 1.165) is 30.0 Å². The molecule has 146 valence electrons. The first kappa shape index (κ1) is 19.9. The van der Waals surface area contributed by atoms with Crippen LogP contribution in [0.5, 0.6) is 0 Å². The van der Waals surface area contributed by atoms with Crippen LogP contribution < -0.4 is 0 Å². The van der Waals surface area contributed by atoms with Crippen LogP contribution in [-0.4, -0.2) is 54.2 Å². The molecule has 0 saturated carbocycles. The monoisotopic (exact) mass is 392 g/mol. The fourth-order valence-electron chi connectivity index (χ4n) is 3.00. The minimum Gasteiger partial charge on any atom is -0.467 e. The number of oxime groups is 1. The standard InChI is InChI=1S/C20H25ClN2O4/c1-2-23(11-17(24)13-25-14-18-4-3-9-26-18)12-19-10-20(22-27-19)15-5-7-16(21)8-6-15/h3-9,17,19,24H,2,10-14H2,1H3. The summed E-state index contributed by atoms with van der Waals surface area (Å²) in [6.45, 7) is 4.71. The minimum absolute atomic E-state index is 0.0214. The maximum atomic E-state index is 10.2. The van der Waals surface area contributed by atoms with Gasteiger partial charge in [0.1, 0.15) is 18.5 Å². The smallest absolute Gasteiger partial charge is 0.145 e. The second-order valence-electron chi connectivity index (χ2n) is 6.58. The van der Waals surface area contributed by atoms with E-state index in [1.54, 1.807) is 6.26 Å². The van der Waals surface area contributed by atoms with Gasteiger partial charge in [-0.2, -0.15) is 0 Å². The van der Waals surface area contributed by atoms with E-state index in [0.29, 0.717) is 24.7 Å². The molecule has 2 aromatic rings. The van der Waals surface area contributed by atoms with Gasteiger partial charge in [0.05, 0.1) is 24.7 Å². The van der Waals surface area contributed by atoms with E-state index in [-0.39, 0.29) is 12.7 Å². The molecule has 1 aromatic carbocycles. The fraction of sp³-hybridized carbons (Fsp3) is 0.450. The van der Waals surface area contributed by atoms with Gasteiger partial charge in [0.15, 0.2) is 0 Å². The Balaban J connectivity index is 1.40. The molecule has 0 aliphatic carbocycles. The van der Waals surface area contributed by atoms with Crippen LogP contribution in [0.4, 0.5) is 0 Å². The Morgan fingerprint density at radius 1 is 1.33 bits per heavy atom. The quantitative estimate of drug-likeness (QED) is 0.671. The van der Waals surface area contributed by atoms with Crippen LogP contribution in [0.1, 0.15) is 24.7 Å². The Morgan fingerprint density at radius 2 is 2.15 bits per heavy atom. The van der Waals surface area contributed by atoms with Gasteiger partial charge < -0.3 is 19.1 Å². The Kier molecular flexibility index (Phi) is 7.29. The lowest BCUT2D eigenvalue weighted by atomic mass is 10.0. The number of aliphatic hydroxyl groups is 1. The van der Waals surface area contributed by atoms with Crippen molar-refractivity contribution in [1.82, 2.24) is 4.90 Å². The summed E-state index contributed by atoms with van der Waals surface area (Å²) >= 11 is 5.93. The number of hydrogen-bond donors (Lipinski definition) is 1. The number of halogens is 1. The average Bonchev–Trinajstić information content (AvgIpc) is 3.34. The summed E-state index contributed by atoms with van der Waals surface area (Å²) in [5.41, 5.74) is 1.95. The van der Waals surface area contributed by atoms with Crippen LogP contribution in [0.15, 0.2) is 52.2 Å². The molecule has 0 bridgehead atoms. The van der Waals surface area contributed by atoms with E-state index in [9.17, 15) is 5.11 Å². The summed E-state index contributed by atoms with van der Waals surface area (Å²) in [5.74, 6) is 0.751. The van der Waals surface area contributed by atoms with Crippen molar-refractivity contribution in [3.05, 3.63) is 59.0 Å². The van der Waals surface area contributed by atoms with Gasteiger partial charge in [0, 0.05) is 24.5 Å². The number of rotatable bonds is 10. The SMILES string of the molecule is CCN(CC(O)COCc1ccco1)CC1CC(c2ccc(Cl)cc2)=NO1. The molecule has 1 N–H and O–H groups in total. The maximum absolute atomic E-state index is 10.2. The van der Waals surface area contributed by atoms with Crippen molar-refractivity contribution in [2.45, 2.75) is 32.2 Å². The van der Waals surface area contributed by atoms with E-state index in [1.165, 1.54) is 0 Å². The lowest BCUT2D eigenvalue weighted by Crippen LogP contribution is -2.39. The molecule has 0 fully saturated rings. The largest absolute Gasteiger partial charge is 0.467 e. The Morgan fingerprint density at radius 3 is 2.85 bits per heavy atom. The molecule has 1 aromatic heterocycles. The Bertz CT molecular complexity index is 718. The van der Waals surface area contributed by atoms with Crippen LogP contribution in [-0.2, 0) is 16.2 Å². The number of aliphatic hydroxyl groups excluding tert-OH is 1. The molecule has 2 heterocycles. The minimum atomic E-state index is -0.571. The van der Waals surface area contributed by atoms with Gasteiger partial charge in [-0.25, -0.2) is 0 Å². The van der Waals surface area contributed by atoms with E-state index in [2.05, 4.69) is 17.0 Å². The van der Waals surface area contributed by atoms with Crippen molar-refractivity contribution >= 4 is 17.3 Å². The van der Waals surface area contributed by atoms with Crippen LogP contribution in [0.2, 0.25) is 5.02 Å². The van der Waals surface area contributed by atoms with Crippen LogP contribution in [0.25, 0.3) is 0 Å². The average molecular weight is 393 g/mol. The summed E-state index contributed by atoms with van der Waals surface area (Å²) < 4.78 is 10.7. The summed E-state index contributed by atoms with van der Waals surface area (Å²) in [7, 11) is 0. The molecular formula is C20H25ClN2O4. The van der Waals surface area contributed by atoms with Crippen molar-refractivity contribution in [2.75, 3.05) is 26.2 Å². The van der Waals surface area contributed by atoms with Gasteiger partial charge in [-0.15, -0.1) is 0 Å². The van der Waals surface area contributed by atoms with Gasteiger partial charge in [-0.05, 0) is 36.4 Å². The van der Waals surface area contributed by atoms with Crippen LogP contribution in [0.3, 0.4) is 0 Å². The molecule has 2 unspecified atom stereocenters. The molecule has 0 radical (unpaired) electrons. The van der Waals surface area contributed by atoms with Gasteiger partial charge in [-0.3, -0.25) is 4.90 Å². The highest BCUT2D eigenvalue weighted by atomic mass is 35.5. The second kappa shape index (κ2) is 9.90. The first-order valence-corrected chi connectivity index (χ1v) is 9.51. The molecule has 0 saturated heterocycles. The van der Waals surface area contributed by atoms with Gasteiger partial charge in [0.2, 0.25) is 0 Å². The van der Waals surface area contributed by atoms with Crippen LogP contribution in [0, 0.1) is 0 Å². The third-order valence-corrected chi connectivity index (χ3v) is 4.68. The van der Waals surface area contributed by atoms with Crippen LogP contribution >= 0.6 is 11.6 Å². The lowest BCUT2D eigenvalue weighted by Gasteiger charge is -2.25. The Labute approximate surface area is 164 Å². The number of likely N-dealkylation sites (N-methyl/N-ethyl adjacent to an activating group) is 1. The molecule has 3 rings (SSSR count). The highest BCUT2D eigenvalue weighted by Gasteiger charge is 2.25. The molecule has 1 aliphatic heterocycles. The van der Waals surface area contributed by atoms with Gasteiger partial charge in [-0.1, -0.05) is 35.8 Å². The van der Waals surface area contributed by atoms with Crippen molar-refractivity contribution < 1.29 is 19.1 Å². The molecule has 6 nitrogen and oxygen atoms in total. The predicted octanol–water partition coefficient (Wildman–Crippen LogP) is 3.33. The van der Waals surface area contributed by atoms with Gasteiger partial charge in [0.25, 0.3) is 0 Å². The van der Waals surface area contributed by atoms with E-state index < -0.39 is 6.10 Å². The van der Waals surface area contributed by atoms with Crippen molar-refractivity contribution in [3.63, 3.8) is 0 Å². The normalized spacial score (nSPS) is 17.8. The molecule has 7 heteroatoms. The van der Waals surface area contributed by atoms with Gasteiger partial charge >= 0.3 is 0 Å². The number of furan rings is 1. The van der Waals surface area contributed by atoms with Crippen molar-refractivity contribution in [3.8, 4) is 0 Å². The highest BCUT2D eigenvalue weighted by molar-refractivity contribution is 6.30. The van der Waals surface area contributed by atoms with E-state index in [4.69, 9.17) is 25.6 Å². The summed E-state index contributed by atoms with van der Waals surface area (Å²) in [4.78, 5) is 7.73. The highest BCUT2D eigenvalue weighted by Crippen LogP contribution is 2.19. The Hall–Kier alpha value is -1.86. The van der Waals surface area contributed by atoms with Crippen molar-refractivity contribution in [2.24, 2.45) is 5.16 Å². The number of hydrogen-bond acceptors (Lipinski definition) is 6. The zero-order valence-corrected chi connectivity index (χ0v) is 16.1. The fourth-order valence-corrected chi connectivity index (χ4v) is 3.13. The topological polar surface area (TPSA) is 67.4 Å². The summed E-state index contributed by atoms with van der Waals surface area (Å²) in [6, 6.07) is 11.3. The molecule has 2 atom stereocenters. The van der Waals surface area contributed by atoms with Crippen molar-refractivity contribution in [1.29, 1.82) is 0 Å². The number of nitrogens with zero attached hydrogens (tertiary/aromatic N) is 2. The first-order valence-electron chi connectivity index (χ1n) is 9.13. The lowest BCUT2D eigenvalue weighted by molar-refractivity contribution is -0.00653. The van der Waals surface area contributed by atoms with E-state index in [1.807, 2.05) is 36.4 Å². The number of benzene rings is 1. The molecule has 1 aliphatic rings. The summed E-state index contributed by atoms with van der Waals surface area (Å²) in [5, 5.41) is 15.1. The second-order valence-corrected chi connectivity index (χ2v) is 7.01. The third-order valence-electron chi connectivity index (χ3n) is 4.42. The van der Waals surface area contributed by atoms with E-state index >= 15 is 0 Å². The predicted molar refractivity (Wildman–Crippen MR) is 104 cm³/mol. The molecule has 0 spiro atoms. The molecule has 0 amide bonds.